The third-order valence-corrected chi connectivity index (χ3v) is 3.40. The summed E-state index contributed by atoms with van der Waals surface area (Å²) in [5, 5.41) is 0. The minimum atomic E-state index is -0.336. The van der Waals surface area contributed by atoms with Crippen LogP contribution in [0.3, 0.4) is 0 Å². The molecule has 0 saturated carbocycles. The van der Waals surface area contributed by atoms with Gasteiger partial charge in [-0.2, -0.15) is 0 Å². The lowest BCUT2D eigenvalue weighted by molar-refractivity contribution is -0.145. The summed E-state index contributed by atoms with van der Waals surface area (Å²) >= 11 is 0. The lowest BCUT2D eigenvalue weighted by atomic mass is 10.1. The normalized spacial score (nSPS) is 14.9. The lowest BCUT2D eigenvalue weighted by Crippen LogP contribution is -2.38. The van der Waals surface area contributed by atoms with Crippen molar-refractivity contribution in [2.45, 2.75) is 25.7 Å². The Kier molecular flexibility index (Phi) is 5.54. The maximum absolute atomic E-state index is 11.7. The van der Waals surface area contributed by atoms with Crippen LogP contribution >= 0.6 is 0 Å². The predicted molar refractivity (Wildman–Crippen MR) is 75.9 cm³/mol. The molecular formula is C15H20N2O4. The average molecular weight is 292 g/mol. The number of carbonyl (C=O) groups is 2. The number of aromatic nitrogens is 1. The summed E-state index contributed by atoms with van der Waals surface area (Å²) in [7, 11) is 1.56. The van der Waals surface area contributed by atoms with Crippen LogP contribution < -0.4 is 4.74 Å². The summed E-state index contributed by atoms with van der Waals surface area (Å²) in [6.45, 7) is 1.47. The summed E-state index contributed by atoms with van der Waals surface area (Å²) in [5.41, 5.74) is 0.634. The molecule has 1 aliphatic rings. The molecule has 1 aromatic heterocycles. The zero-order valence-electron chi connectivity index (χ0n) is 12.2. The van der Waals surface area contributed by atoms with Gasteiger partial charge in [0, 0.05) is 13.0 Å². The van der Waals surface area contributed by atoms with E-state index < -0.39 is 0 Å². The number of nitrogens with zero attached hydrogens (tertiary/aromatic N) is 2. The molecule has 1 fully saturated rings. The van der Waals surface area contributed by atoms with Gasteiger partial charge in [0.15, 0.2) is 0 Å². The Bertz CT molecular complexity index is 487. The second-order valence-corrected chi connectivity index (χ2v) is 4.92. The molecule has 2 rings (SSSR count). The molecule has 114 valence electrons. The topological polar surface area (TPSA) is 68.7 Å². The monoisotopic (exact) mass is 292 g/mol. The number of likely N-dealkylation sites (tertiary alicyclic amines) is 1. The average Bonchev–Trinajstić information content (AvgIpc) is 2.50. The standard InChI is InChI=1S/C15H20N2O4/c1-20-13-6-5-12(16-11-13)10-15(19)21-9-8-17-7-3-2-4-14(17)18/h5-6,11H,2-4,7-10H2,1H3. The van der Waals surface area contributed by atoms with Crippen molar-refractivity contribution in [1.82, 2.24) is 9.88 Å². The molecular weight excluding hydrogens is 272 g/mol. The lowest BCUT2D eigenvalue weighted by Gasteiger charge is -2.26. The zero-order valence-corrected chi connectivity index (χ0v) is 12.2. The van der Waals surface area contributed by atoms with Crippen LogP contribution in [0.1, 0.15) is 25.0 Å². The highest BCUT2D eigenvalue weighted by atomic mass is 16.5. The van der Waals surface area contributed by atoms with Crippen LogP contribution in [0.4, 0.5) is 0 Å². The first-order chi connectivity index (χ1) is 10.2. The van der Waals surface area contributed by atoms with Crippen LogP contribution in [0.2, 0.25) is 0 Å². The quantitative estimate of drug-likeness (QED) is 0.737. The highest BCUT2D eigenvalue weighted by molar-refractivity contribution is 5.77. The molecule has 6 heteroatoms. The van der Waals surface area contributed by atoms with Crippen molar-refractivity contribution in [2.24, 2.45) is 0 Å². The molecule has 0 spiro atoms. The first kappa shape index (κ1) is 15.3. The molecule has 1 aromatic rings. The molecule has 2 heterocycles. The number of amides is 1. The summed E-state index contributed by atoms with van der Waals surface area (Å²) in [6, 6.07) is 3.48. The van der Waals surface area contributed by atoms with Crippen LogP contribution in [0.15, 0.2) is 18.3 Å². The van der Waals surface area contributed by atoms with Crippen molar-refractivity contribution in [3.05, 3.63) is 24.0 Å². The third-order valence-electron chi connectivity index (χ3n) is 3.40. The summed E-state index contributed by atoms with van der Waals surface area (Å²) in [5.74, 6) is 0.460. The minimum absolute atomic E-state index is 0.123. The molecule has 0 aliphatic carbocycles. The van der Waals surface area contributed by atoms with Crippen LogP contribution in [0.25, 0.3) is 0 Å². The van der Waals surface area contributed by atoms with Gasteiger partial charge in [0.1, 0.15) is 12.4 Å². The summed E-state index contributed by atoms with van der Waals surface area (Å²) < 4.78 is 10.1. The molecule has 1 amide bonds. The molecule has 1 aliphatic heterocycles. The van der Waals surface area contributed by atoms with Crippen LogP contribution in [0.5, 0.6) is 5.75 Å². The molecule has 21 heavy (non-hydrogen) atoms. The Morgan fingerprint density at radius 3 is 2.90 bits per heavy atom. The summed E-state index contributed by atoms with van der Waals surface area (Å²) in [4.78, 5) is 29.1. The number of carbonyl (C=O) groups excluding carboxylic acids is 2. The van der Waals surface area contributed by atoms with Gasteiger partial charge >= 0.3 is 5.97 Å². The number of ether oxygens (including phenoxy) is 2. The molecule has 1 saturated heterocycles. The van der Waals surface area contributed by atoms with E-state index in [2.05, 4.69) is 4.98 Å². The van der Waals surface area contributed by atoms with Crippen LogP contribution in [-0.4, -0.2) is 48.6 Å². The molecule has 0 atom stereocenters. The fraction of sp³-hybridized carbons (Fsp3) is 0.533. The Hall–Kier alpha value is -2.11. The number of rotatable bonds is 6. The van der Waals surface area contributed by atoms with Gasteiger partial charge < -0.3 is 14.4 Å². The summed E-state index contributed by atoms with van der Waals surface area (Å²) in [6.07, 6.45) is 4.27. The Labute approximate surface area is 124 Å². The maximum Gasteiger partial charge on any atom is 0.311 e. The fourth-order valence-corrected chi connectivity index (χ4v) is 2.20. The maximum atomic E-state index is 11.7. The number of esters is 1. The van der Waals surface area contributed by atoms with Crippen molar-refractivity contribution in [3.63, 3.8) is 0 Å². The Balaban J connectivity index is 1.70. The van der Waals surface area contributed by atoms with Crippen molar-refractivity contribution in [3.8, 4) is 5.75 Å². The molecule has 0 aromatic carbocycles. The van der Waals surface area contributed by atoms with Crippen molar-refractivity contribution in [2.75, 3.05) is 26.8 Å². The van der Waals surface area contributed by atoms with Gasteiger partial charge in [0.2, 0.25) is 5.91 Å². The number of pyridine rings is 1. The third kappa shape index (κ3) is 4.73. The van der Waals surface area contributed by atoms with Crippen LogP contribution in [-0.2, 0) is 20.7 Å². The van der Waals surface area contributed by atoms with E-state index in [1.54, 1.807) is 30.3 Å². The number of piperidine rings is 1. The smallest absolute Gasteiger partial charge is 0.311 e. The van der Waals surface area contributed by atoms with Crippen molar-refractivity contribution < 1.29 is 19.1 Å². The van der Waals surface area contributed by atoms with Gasteiger partial charge in [-0.1, -0.05) is 0 Å². The largest absolute Gasteiger partial charge is 0.495 e. The second kappa shape index (κ2) is 7.61. The van der Waals surface area contributed by atoms with Gasteiger partial charge in [-0.05, 0) is 25.0 Å². The van der Waals surface area contributed by atoms with Gasteiger partial charge in [0.25, 0.3) is 0 Å². The zero-order chi connectivity index (χ0) is 15.1. The molecule has 0 bridgehead atoms. The van der Waals surface area contributed by atoms with E-state index in [0.717, 1.165) is 19.4 Å². The van der Waals surface area contributed by atoms with E-state index in [9.17, 15) is 9.59 Å². The minimum Gasteiger partial charge on any atom is -0.495 e. The molecule has 0 radical (unpaired) electrons. The van der Waals surface area contributed by atoms with Gasteiger partial charge in [-0.3, -0.25) is 14.6 Å². The number of hydrogen-bond donors (Lipinski definition) is 0. The van der Waals surface area contributed by atoms with E-state index in [4.69, 9.17) is 9.47 Å². The Morgan fingerprint density at radius 2 is 2.24 bits per heavy atom. The fourth-order valence-electron chi connectivity index (χ4n) is 2.20. The van der Waals surface area contributed by atoms with Gasteiger partial charge in [-0.15, -0.1) is 0 Å². The van der Waals surface area contributed by atoms with Gasteiger partial charge in [0.05, 0.1) is 32.0 Å². The van der Waals surface area contributed by atoms with E-state index in [1.807, 2.05) is 0 Å². The van der Waals surface area contributed by atoms with Crippen molar-refractivity contribution in [1.29, 1.82) is 0 Å². The van der Waals surface area contributed by atoms with Crippen molar-refractivity contribution >= 4 is 11.9 Å². The predicted octanol–water partition coefficient (Wildman–Crippen LogP) is 1.19. The molecule has 0 unspecified atom stereocenters. The van der Waals surface area contributed by atoms with E-state index >= 15 is 0 Å². The second-order valence-electron chi connectivity index (χ2n) is 4.92. The first-order valence-electron chi connectivity index (χ1n) is 7.11. The van der Waals surface area contributed by atoms with Crippen LogP contribution in [0, 0.1) is 0 Å². The van der Waals surface area contributed by atoms with E-state index in [-0.39, 0.29) is 24.9 Å². The number of hydrogen-bond acceptors (Lipinski definition) is 5. The van der Waals surface area contributed by atoms with Gasteiger partial charge in [-0.25, -0.2) is 0 Å². The number of methoxy groups -OCH3 is 1. The highest BCUT2D eigenvalue weighted by Crippen LogP contribution is 2.10. The Morgan fingerprint density at radius 1 is 1.38 bits per heavy atom. The van der Waals surface area contributed by atoms with E-state index in [0.29, 0.717) is 24.4 Å². The first-order valence-corrected chi connectivity index (χ1v) is 7.11. The SMILES string of the molecule is COc1ccc(CC(=O)OCCN2CCCCC2=O)nc1. The molecule has 6 nitrogen and oxygen atoms in total. The highest BCUT2D eigenvalue weighted by Gasteiger charge is 2.17. The molecule has 0 N–H and O–H groups in total. The van der Waals surface area contributed by atoms with E-state index in [1.165, 1.54) is 0 Å².